The monoisotopic (exact) mass is 324 g/mol. The van der Waals surface area contributed by atoms with E-state index in [-0.39, 0.29) is 0 Å². The summed E-state index contributed by atoms with van der Waals surface area (Å²) in [7, 11) is 4.23. The standard InChI is InChI=1S/C21H28N2O/c1-16(22(2)3)19-9-7-17(8-10-19)14-23(20-11-12-20)15-18-5-4-6-21(24)13-18/h4-10,13,16,20,24H,11-12,14-15H2,1-3H3/t16-/m0/s1. The van der Waals surface area contributed by atoms with Crippen LogP contribution in [-0.2, 0) is 13.1 Å². The molecule has 1 atom stereocenters. The first-order valence-corrected chi connectivity index (χ1v) is 8.80. The Morgan fingerprint density at radius 3 is 2.25 bits per heavy atom. The van der Waals surface area contributed by atoms with Crippen molar-refractivity contribution in [3.63, 3.8) is 0 Å². The number of benzene rings is 2. The topological polar surface area (TPSA) is 26.7 Å². The molecule has 1 aliphatic rings. The van der Waals surface area contributed by atoms with Crippen molar-refractivity contribution in [1.82, 2.24) is 9.80 Å². The minimum absolute atomic E-state index is 0.352. The van der Waals surface area contributed by atoms with Gasteiger partial charge in [-0.15, -0.1) is 0 Å². The van der Waals surface area contributed by atoms with Gasteiger partial charge in [0.1, 0.15) is 5.75 Å². The zero-order chi connectivity index (χ0) is 17.1. The van der Waals surface area contributed by atoms with Crippen LogP contribution in [0, 0.1) is 0 Å². The first-order chi connectivity index (χ1) is 11.5. The lowest BCUT2D eigenvalue weighted by molar-refractivity contribution is 0.245. The van der Waals surface area contributed by atoms with Gasteiger partial charge in [-0.1, -0.05) is 36.4 Å². The van der Waals surface area contributed by atoms with Gasteiger partial charge in [-0.2, -0.15) is 0 Å². The largest absolute Gasteiger partial charge is 0.508 e. The van der Waals surface area contributed by atoms with Crippen molar-refractivity contribution in [1.29, 1.82) is 0 Å². The Balaban J connectivity index is 1.67. The van der Waals surface area contributed by atoms with E-state index >= 15 is 0 Å². The van der Waals surface area contributed by atoms with Gasteiger partial charge in [-0.05, 0) is 62.7 Å². The Morgan fingerprint density at radius 2 is 1.67 bits per heavy atom. The number of hydrogen-bond donors (Lipinski definition) is 1. The summed E-state index contributed by atoms with van der Waals surface area (Å²) in [5, 5.41) is 9.67. The summed E-state index contributed by atoms with van der Waals surface area (Å²) < 4.78 is 0. The van der Waals surface area contributed by atoms with Crippen molar-refractivity contribution in [2.24, 2.45) is 0 Å². The predicted molar refractivity (Wildman–Crippen MR) is 98.9 cm³/mol. The number of rotatable bonds is 7. The molecular formula is C21H28N2O. The van der Waals surface area contributed by atoms with Crippen LogP contribution in [0.4, 0.5) is 0 Å². The van der Waals surface area contributed by atoms with E-state index in [0.29, 0.717) is 17.8 Å². The molecule has 0 aromatic heterocycles. The zero-order valence-corrected chi connectivity index (χ0v) is 14.9. The molecular weight excluding hydrogens is 296 g/mol. The minimum atomic E-state index is 0.352. The molecule has 0 saturated heterocycles. The zero-order valence-electron chi connectivity index (χ0n) is 14.9. The lowest BCUT2D eigenvalue weighted by atomic mass is 10.0. The Kier molecular flexibility index (Phi) is 5.22. The molecule has 3 heteroatoms. The second-order valence-electron chi connectivity index (χ2n) is 7.19. The predicted octanol–water partition coefficient (Wildman–Crippen LogP) is 4.18. The molecule has 0 amide bonds. The van der Waals surface area contributed by atoms with Crippen LogP contribution >= 0.6 is 0 Å². The number of nitrogens with zero attached hydrogens (tertiary/aromatic N) is 2. The second-order valence-corrected chi connectivity index (χ2v) is 7.19. The fourth-order valence-corrected chi connectivity index (χ4v) is 3.08. The SMILES string of the molecule is C[C@@H](c1ccc(CN(Cc2cccc(O)c2)C2CC2)cc1)N(C)C. The Morgan fingerprint density at radius 1 is 1.00 bits per heavy atom. The second kappa shape index (κ2) is 7.37. The summed E-state index contributed by atoms with van der Waals surface area (Å²) in [6, 6.07) is 17.8. The van der Waals surface area contributed by atoms with Gasteiger partial charge in [-0.3, -0.25) is 4.90 Å². The normalized spacial score (nSPS) is 15.9. The summed E-state index contributed by atoms with van der Waals surface area (Å²) in [6.07, 6.45) is 2.57. The summed E-state index contributed by atoms with van der Waals surface area (Å²) in [6.45, 7) is 4.10. The smallest absolute Gasteiger partial charge is 0.115 e. The van der Waals surface area contributed by atoms with Crippen LogP contribution in [0.5, 0.6) is 5.75 Å². The molecule has 0 radical (unpaired) electrons. The van der Waals surface area contributed by atoms with Crippen LogP contribution in [0.2, 0.25) is 0 Å². The van der Waals surface area contributed by atoms with Gasteiger partial charge in [-0.25, -0.2) is 0 Å². The Hall–Kier alpha value is -1.84. The van der Waals surface area contributed by atoms with E-state index in [1.54, 1.807) is 6.07 Å². The molecule has 0 spiro atoms. The highest BCUT2D eigenvalue weighted by atomic mass is 16.3. The van der Waals surface area contributed by atoms with Crippen molar-refractivity contribution in [2.45, 2.75) is 44.9 Å². The summed E-state index contributed by atoms with van der Waals surface area (Å²) in [4.78, 5) is 4.76. The summed E-state index contributed by atoms with van der Waals surface area (Å²) in [5.74, 6) is 0.352. The first kappa shape index (κ1) is 17.0. The molecule has 128 valence electrons. The lowest BCUT2D eigenvalue weighted by Crippen LogP contribution is -2.25. The molecule has 0 bridgehead atoms. The third-order valence-corrected chi connectivity index (χ3v) is 4.98. The van der Waals surface area contributed by atoms with Crippen molar-refractivity contribution in [3.8, 4) is 5.75 Å². The molecule has 1 aliphatic carbocycles. The number of hydrogen-bond acceptors (Lipinski definition) is 3. The van der Waals surface area contributed by atoms with E-state index in [1.165, 1.54) is 29.5 Å². The van der Waals surface area contributed by atoms with Crippen LogP contribution in [0.3, 0.4) is 0 Å². The van der Waals surface area contributed by atoms with Gasteiger partial charge in [0.2, 0.25) is 0 Å². The van der Waals surface area contributed by atoms with E-state index in [2.05, 4.69) is 61.2 Å². The molecule has 0 heterocycles. The fraction of sp³-hybridized carbons (Fsp3) is 0.429. The van der Waals surface area contributed by atoms with Gasteiger partial charge < -0.3 is 10.0 Å². The van der Waals surface area contributed by atoms with Gasteiger partial charge in [0.05, 0.1) is 0 Å². The summed E-state index contributed by atoms with van der Waals surface area (Å²) in [5.41, 5.74) is 3.89. The summed E-state index contributed by atoms with van der Waals surface area (Å²) >= 11 is 0. The molecule has 3 rings (SSSR count). The van der Waals surface area contributed by atoms with Crippen molar-refractivity contribution in [2.75, 3.05) is 14.1 Å². The van der Waals surface area contributed by atoms with Crippen molar-refractivity contribution < 1.29 is 5.11 Å². The van der Waals surface area contributed by atoms with E-state index < -0.39 is 0 Å². The maximum atomic E-state index is 9.67. The van der Waals surface area contributed by atoms with E-state index in [4.69, 9.17) is 0 Å². The number of phenolic OH excluding ortho intramolecular Hbond substituents is 1. The molecule has 1 N–H and O–H groups in total. The van der Waals surface area contributed by atoms with Crippen molar-refractivity contribution >= 4 is 0 Å². The number of phenols is 1. The maximum Gasteiger partial charge on any atom is 0.115 e. The van der Waals surface area contributed by atoms with Crippen LogP contribution < -0.4 is 0 Å². The van der Waals surface area contributed by atoms with E-state index in [0.717, 1.165) is 13.1 Å². The van der Waals surface area contributed by atoms with Crippen molar-refractivity contribution in [3.05, 3.63) is 65.2 Å². The van der Waals surface area contributed by atoms with Gasteiger partial charge >= 0.3 is 0 Å². The third-order valence-electron chi connectivity index (χ3n) is 4.98. The molecule has 2 aromatic carbocycles. The molecule has 1 saturated carbocycles. The van der Waals surface area contributed by atoms with Gasteiger partial charge in [0.25, 0.3) is 0 Å². The highest BCUT2D eigenvalue weighted by Gasteiger charge is 2.29. The van der Waals surface area contributed by atoms with Crippen LogP contribution in [0.15, 0.2) is 48.5 Å². The molecule has 3 nitrogen and oxygen atoms in total. The number of aromatic hydroxyl groups is 1. The van der Waals surface area contributed by atoms with Crippen LogP contribution in [0.25, 0.3) is 0 Å². The quantitative estimate of drug-likeness (QED) is 0.827. The third kappa shape index (κ3) is 4.37. The first-order valence-electron chi connectivity index (χ1n) is 8.80. The molecule has 2 aromatic rings. The van der Waals surface area contributed by atoms with Crippen LogP contribution in [-0.4, -0.2) is 35.0 Å². The lowest BCUT2D eigenvalue weighted by Gasteiger charge is -2.23. The van der Waals surface area contributed by atoms with E-state index in [1.807, 2.05) is 12.1 Å². The molecule has 0 unspecified atom stereocenters. The maximum absolute atomic E-state index is 9.67. The molecule has 24 heavy (non-hydrogen) atoms. The van der Waals surface area contributed by atoms with Crippen LogP contribution in [0.1, 0.15) is 42.5 Å². The highest BCUT2D eigenvalue weighted by molar-refractivity contribution is 5.28. The van der Waals surface area contributed by atoms with Gasteiger partial charge in [0, 0.05) is 25.2 Å². The highest BCUT2D eigenvalue weighted by Crippen LogP contribution is 2.30. The average Bonchev–Trinajstić information content (AvgIpc) is 3.39. The van der Waals surface area contributed by atoms with E-state index in [9.17, 15) is 5.11 Å². The molecule has 1 fully saturated rings. The average molecular weight is 324 g/mol. The Labute approximate surface area is 145 Å². The Bertz CT molecular complexity index is 662. The minimum Gasteiger partial charge on any atom is -0.508 e. The fourth-order valence-electron chi connectivity index (χ4n) is 3.08. The molecule has 0 aliphatic heterocycles. The van der Waals surface area contributed by atoms with Gasteiger partial charge in [0.15, 0.2) is 0 Å².